The van der Waals surface area contributed by atoms with Crippen LogP contribution in [0.4, 0.5) is 5.82 Å². The van der Waals surface area contributed by atoms with Crippen LogP contribution < -0.4 is 10.2 Å². The van der Waals surface area contributed by atoms with Crippen LogP contribution in [-0.4, -0.2) is 98.3 Å². The van der Waals surface area contributed by atoms with Crippen molar-refractivity contribution in [1.29, 1.82) is 0 Å². The first kappa shape index (κ1) is 18.0. The van der Waals surface area contributed by atoms with Gasteiger partial charge in [-0.3, -0.25) is 9.69 Å². The maximum absolute atomic E-state index is 12.5. The van der Waals surface area contributed by atoms with Gasteiger partial charge in [0.25, 0.3) is 5.91 Å². The number of carbonyl (C=O) groups excluding carboxylic acids is 1. The molecule has 3 heterocycles. The largest absolute Gasteiger partial charge is 0.379 e. The van der Waals surface area contributed by atoms with E-state index in [1.165, 1.54) is 0 Å². The minimum absolute atomic E-state index is 0.0290. The summed E-state index contributed by atoms with van der Waals surface area (Å²) in [6, 6.07) is 0. The molecule has 0 spiro atoms. The maximum Gasteiger partial charge on any atom is 0.274 e. The van der Waals surface area contributed by atoms with Gasteiger partial charge in [0.15, 0.2) is 0 Å². The molecule has 0 bridgehead atoms. The van der Waals surface area contributed by atoms with Gasteiger partial charge in [0.1, 0.15) is 11.5 Å². The number of amides is 1. The molecule has 2 aliphatic heterocycles. The second-order valence-electron chi connectivity index (χ2n) is 6.53. The molecule has 0 saturated carbocycles. The fourth-order valence-electron chi connectivity index (χ4n) is 3.07. The molecule has 1 aromatic rings. The molecule has 2 fully saturated rings. The summed E-state index contributed by atoms with van der Waals surface area (Å²) in [7, 11) is 2.01. The highest BCUT2D eigenvalue weighted by Gasteiger charge is 2.19. The van der Waals surface area contributed by atoms with Crippen molar-refractivity contribution in [3.63, 3.8) is 0 Å². The lowest BCUT2D eigenvalue weighted by atomic mass is 10.3. The average molecular weight is 348 g/mol. The van der Waals surface area contributed by atoms with Crippen LogP contribution in [0.15, 0.2) is 12.4 Å². The minimum Gasteiger partial charge on any atom is -0.379 e. The number of hydrogen-bond acceptors (Lipinski definition) is 7. The van der Waals surface area contributed by atoms with Crippen LogP contribution in [0.25, 0.3) is 0 Å². The number of ether oxygens (including phenoxy) is 1. The molecule has 0 unspecified atom stereocenters. The molecule has 1 N–H and O–H groups in total. The number of rotatable bonds is 5. The molecule has 2 saturated heterocycles. The topological polar surface area (TPSA) is 73.8 Å². The van der Waals surface area contributed by atoms with E-state index in [0.29, 0.717) is 5.69 Å². The first-order chi connectivity index (χ1) is 12.2. The van der Waals surface area contributed by atoms with Crippen molar-refractivity contribution >= 4 is 11.7 Å². The maximum atomic E-state index is 12.5. The normalized spacial score (nSPS) is 19.5. The van der Waals surface area contributed by atoms with Crippen molar-refractivity contribution in [2.45, 2.75) is 6.42 Å². The van der Waals surface area contributed by atoms with Gasteiger partial charge < -0.3 is 19.9 Å². The van der Waals surface area contributed by atoms with Crippen LogP contribution >= 0.6 is 0 Å². The summed E-state index contributed by atoms with van der Waals surface area (Å²) in [6.45, 7) is 8.73. The van der Waals surface area contributed by atoms with E-state index in [1.54, 1.807) is 12.4 Å². The third kappa shape index (κ3) is 5.10. The van der Waals surface area contributed by atoms with E-state index < -0.39 is 0 Å². The Morgan fingerprint density at radius 1 is 1.20 bits per heavy atom. The Morgan fingerprint density at radius 3 is 2.80 bits per heavy atom. The smallest absolute Gasteiger partial charge is 0.274 e. The van der Waals surface area contributed by atoms with Crippen LogP contribution in [0.1, 0.15) is 16.9 Å². The van der Waals surface area contributed by atoms with Crippen molar-refractivity contribution in [1.82, 2.24) is 25.1 Å². The molecule has 138 valence electrons. The SMILES string of the molecule is CN(CCN1CCOCC1)c1cnc(C(=O)N2CCCNCC2)cn1. The number of morpholine rings is 1. The van der Waals surface area contributed by atoms with Gasteiger partial charge in [-0.25, -0.2) is 9.97 Å². The number of likely N-dealkylation sites (N-methyl/N-ethyl adjacent to an activating group) is 1. The summed E-state index contributed by atoms with van der Waals surface area (Å²) in [5.74, 6) is 0.765. The Bertz CT molecular complexity index is 539. The molecule has 2 aliphatic rings. The Morgan fingerprint density at radius 2 is 2.04 bits per heavy atom. The quantitative estimate of drug-likeness (QED) is 0.782. The Kier molecular flexibility index (Phi) is 6.55. The van der Waals surface area contributed by atoms with Gasteiger partial charge in [-0.15, -0.1) is 0 Å². The molecular weight excluding hydrogens is 320 g/mol. The van der Waals surface area contributed by atoms with Crippen LogP contribution in [0, 0.1) is 0 Å². The van der Waals surface area contributed by atoms with Crippen molar-refractivity contribution < 1.29 is 9.53 Å². The summed E-state index contributed by atoms with van der Waals surface area (Å²) in [5, 5.41) is 3.30. The van der Waals surface area contributed by atoms with Crippen LogP contribution in [0.5, 0.6) is 0 Å². The molecule has 0 aromatic carbocycles. The van der Waals surface area contributed by atoms with E-state index in [0.717, 1.165) is 77.8 Å². The van der Waals surface area contributed by atoms with Crippen molar-refractivity contribution in [3.05, 3.63) is 18.1 Å². The van der Waals surface area contributed by atoms with Gasteiger partial charge in [0.2, 0.25) is 0 Å². The third-order valence-corrected chi connectivity index (χ3v) is 4.73. The fourth-order valence-corrected chi connectivity index (χ4v) is 3.07. The lowest BCUT2D eigenvalue weighted by Crippen LogP contribution is -2.40. The second kappa shape index (κ2) is 9.07. The lowest BCUT2D eigenvalue weighted by Gasteiger charge is -2.28. The second-order valence-corrected chi connectivity index (χ2v) is 6.53. The zero-order chi connectivity index (χ0) is 17.5. The molecule has 0 atom stereocenters. The highest BCUT2D eigenvalue weighted by Crippen LogP contribution is 2.09. The van der Waals surface area contributed by atoms with Crippen LogP contribution in [0.2, 0.25) is 0 Å². The summed E-state index contributed by atoms with van der Waals surface area (Å²) >= 11 is 0. The van der Waals surface area contributed by atoms with E-state index in [4.69, 9.17) is 4.74 Å². The van der Waals surface area contributed by atoms with Gasteiger partial charge in [0.05, 0.1) is 25.6 Å². The molecule has 1 aromatic heterocycles. The summed E-state index contributed by atoms with van der Waals surface area (Å²) in [5.41, 5.74) is 0.423. The lowest BCUT2D eigenvalue weighted by molar-refractivity contribution is 0.0392. The monoisotopic (exact) mass is 348 g/mol. The average Bonchev–Trinajstić information content (AvgIpc) is 2.96. The van der Waals surface area contributed by atoms with Gasteiger partial charge in [-0.1, -0.05) is 0 Å². The molecule has 8 heteroatoms. The van der Waals surface area contributed by atoms with Gasteiger partial charge >= 0.3 is 0 Å². The van der Waals surface area contributed by atoms with E-state index in [1.807, 2.05) is 11.9 Å². The number of aromatic nitrogens is 2. The minimum atomic E-state index is -0.0290. The fraction of sp³-hybridized carbons (Fsp3) is 0.706. The third-order valence-electron chi connectivity index (χ3n) is 4.73. The van der Waals surface area contributed by atoms with Gasteiger partial charge in [0, 0.05) is 52.9 Å². The zero-order valence-corrected chi connectivity index (χ0v) is 15.0. The van der Waals surface area contributed by atoms with Gasteiger partial charge in [-0.05, 0) is 13.0 Å². The van der Waals surface area contributed by atoms with E-state index in [9.17, 15) is 4.79 Å². The predicted octanol–water partition coefficient (Wildman–Crippen LogP) is -0.319. The first-order valence-corrected chi connectivity index (χ1v) is 9.07. The number of carbonyl (C=O) groups is 1. The summed E-state index contributed by atoms with van der Waals surface area (Å²) < 4.78 is 5.37. The number of nitrogens with one attached hydrogen (secondary N) is 1. The molecule has 25 heavy (non-hydrogen) atoms. The molecule has 1 amide bonds. The van der Waals surface area contributed by atoms with E-state index in [-0.39, 0.29) is 5.91 Å². The van der Waals surface area contributed by atoms with Crippen molar-refractivity contribution in [3.8, 4) is 0 Å². The molecule has 8 nitrogen and oxygen atoms in total. The Labute approximate surface area is 149 Å². The zero-order valence-electron chi connectivity index (χ0n) is 15.0. The summed E-state index contributed by atoms with van der Waals surface area (Å²) in [6.07, 6.45) is 4.27. The van der Waals surface area contributed by atoms with Crippen LogP contribution in [0.3, 0.4) is 0 Å². The number of nitrogens with zero attached hydrogens (tertiary/aromatic N) is 5. The highest BCUT2D eigenvalue weighted by atomic mass is 16.5. The number of hydrogen-bond donors (Lipinski definition) is 1. The molecule has 3 rings (SSSR count). The van der Waals surface area contributed by atoms with Gasteiger partial charge in [-0.2, -0.15) is 0 Å². The number of anilines is 1. The van der Waals surface area contributed by atoms with E-state index in [2.05, 4.69) is 25.1 Å². The standard InChI is InChI=1S/C17H28N6O2/c1-21(7-8-22-9-11-25-12-10-22)16-14-19-15(13-20-16)17(24)23-5-2-3-18-4-6-23/h13-14,18H,2-12H2,1H3. The Balaban J connectivity index is 1.52. The predicted molar refractivity (Wildman–Crippen MR) is 96.0 cm³/mol. The Hall–Kier alpha value is -1.77. The van der Waals surface area contributed by atoms with Crippen molar-refractivity contribution in [2.24, 2.45) is 0 Å². The molecule has 0 aliphatic carbocycles. The molecule has 0 radical (unpaired) electrons. The van der Waals surface area contributed by atoms with Crippen molar-refractivity contribution in [2.75, 3.05) is 77.5 Å². The van der Waals surface area contributed by atoms with Crippen LogP contribution in [-0.2, 0) is 4.74 Å². The highest BCUT2D eigenvalue weighted by molar-refractivity contribution is 5.92. The van der Waals surface area contributed by atoms with E-state index >= 15 is 0 Å². The molecular formula is C17H28N6O2. The summed E-state index contributed by atoms with van der Waals surface area (Å²) in [4.78, 5) is 27.6. The first-order valence-electron chi connectivity index (χ1n) is 9.07.